The van der Waals surface area contributed by atoms with Gasteiger partial charge in [-0.05, 0) is 12.1 Å². The minimum atomic E-state index is 1.05. The molecule has 58 valence electrons. The zero-order valence-corrected chi connectivity index (χ0v) is 6.89. The van der Waals surface area contributed by atoms with Gasteiger partial charge in [0.05, 0.1) is 19.7 Å². The third-order valence-electron chi connectivity index (χ3n) is 1.56. The monoisotopic (exact) mass is 149 g/mol. The van der Waals surface area contributed by atoms with E-state index in [0.29, 0.717) is 0 Å². The molecule has 2 nitrogen and oxygen atoms in total. The molecule has 1 aromatic carbocycles. The first-order chi connectivity index (χ1) is 5.38. The second-order valence-electron chi connectivity index (χ2n) is 2.24. The molecule has 0 amide bonds. The molecule has 0 spiro atoms. The molecule has 0 saturated carbocycles. The smallest absolute Gasteiger partial charge is 0.274 e. The number of hydrogen-bond acceptors (Lipinski definition) is 0. The van der Waals surface area contributed by atoms with Crippen LogP contribution in [0.2, 0.25) is 0 Å². The maximum absolute atomic E-state index is 3.07. The summed E-state index contributed by atoms with van der Waals surface area (Å²) in [5.41, 5.74) is 1.18. The Hall–Kier alpha value is -1.31. The van der Waals surface area contributed by atoms with E-state index in [-0.39, 0.29) is 0 Å². The predicted molar refractivity (Wildman–Crippen MR) is 46.5 cm³/mol. The molecule has 0 bridgehead atoms. The summed E-state index contributed by atoms with van der Waals surface area (Å²) in [6.07, 6.45) is 0. The Labute approximate surface area is 67.0 Å². The quantitative estimate of drug-likeness (QED) is 0.403. The van der Waals surface area contributed by atoms with Crippen molar-refractivity contribution < 1.29 is 4.99 Å². The fraction of sp³-hybridized carbons (Fsp3) is 0.222. The third-order valence-corrected chi connectivity index (χ3v) is 1.56. The highest BCUT2D eigenvalue weighted by Crippen LogP contribution is 1.94. The standard InChI is InChI=1S/C9H12N2/c1-10-9(11-2)8-6-4-3-5-7-8/h3-7H,1-2H3,(H,10,11)/p+1. The zero-order valence-electron chi connectivity index (χ0n) is 6.89. The number of hydrogen-bond donors (Lipinski definition) is 2. The lowest BCUT2D eigenvalue weighted by Gasteiger charge is -1.96. The van der Waals surface area contributed by atoms with Gasteiger partial charge in [-0.25, -0.2) is 0 Å². The van der Waals surface area contributed by atoms with E-state index in [2.05, 4.69) is 22.4 Å². The van der Waals surface area contributed by atoms with E-state index in [1.807, 2.05) is 32.3 Å². The van der Waals surface area contributed by atoms with Crippen molar-refractivity contribution in [1.82, 2.24) is 5.32 Å². The van der Waals surface area contributed by atoms with Gasteiger partial charge in [-0.15, -0.1) is 0 Å². The van der Waals surface area contributed by atoms with Gasteiger partial charge >= 0.3 is 0 Å². The van der Waals surface area contributed by atoms with Crippen LogP contribution in [0, 0.1) is 0 Å². The SMILES string of the molecule is CNC(=[NH+]C)c1ccccc1. The number of rotatable bonds is 1. The van der Waals surface area contributed by atoms with Gasteiger partial charge in [0, 0.05) is 0 Å². The van der Waals surface area contributed by atoms with Crippen LogP contribution in [0.25, 0.3) is 0 Å². The molecule has 0 aromatic heterocycles. The van der Waals surface area contributed by atoms with E-state index in [0.717, 1.165) is 5.84 Å². The summed E-state index contributed by atoms with van der Waals surface area (Å²) >= 11 is 0. The van der Waals surface area contributed by atoms with Crippen LogP contribution < -0.4 is 10.3 Å². The summed E-state index contributed by atoms with van der Waals surface area (Å²) < 4.78 is 0. The van der Waals surface area contributed by atoms with Crippen molar-refractivity contribution >= 4 is 5.84 Å². The van der Waals surface area contributed by atoms with Crippen molar-refractivity contribution in [2.75, 3.05) is 14.1 Å². The largest absolute Gasteiger partial charge is 0.277 e. The molecule has 0 radical (unpaired) electrons. The first-order valence-electron chi connectivity index (χ1n) is 3.66. The van der Waals surface area contributed by atoms with Crippen LogP contribution in [0.15, 0.2) is 30.3 Å². The molecule has 0 heterocycles. The lowest BCUT2D eigenvalue weighted by molar-refractivity contribution is -0.421. The van der Waals surface area contributed by atoms with Gasteiger partial charge < -0.3 is 0 Å². The molecule has 0 saturated heterocycles. The summed E-state index contributed by atoms with van der Waals surface area (Å²) in [5.74, 6) is 1.05. The molecule has 0 aliphatic carbocycles. The Morgan fingerprint density at radius 3 is 2.36 bits per heavy atom. The van der Waals surface area contributed by atoms with Gasteiger partial charge in [0.1, 0.15) is 0 Å². The molecule has 2 heteroatoms. The lowest BCUT2D eigenvalue weighted by atomic mass is 10.2. The highest BCUT2D eigenvalue weighted by molar-refractivity contribution is 5.93. The van der Waals surface area contributed by atoms with E-state index in [4.69, 9.17) is 0 Å². The van der Waals surface area contributed by atoms with Gasteiger partial charge in [-0.3, -0.25) is 10.3 Å². The number of benzene rings is 1. The maximum Gasteiger partial charge on any atom is 0.274 e. The van der Waals surface area contributed by atoms with Crippen LogP contribution in [0.1, 0.15) is 5.56 Å². The van der Waals surface area contributed by atoms with E-state index in [9.17, 15) is 0 Å². The first-order valence-corrected chi connectivity index (χ1v) is 3.66. The Bertz CT molecular complexity index is 239. The molecular formula is C9H13N2+. The van der Waals surface area contributed by atoms with Crippen molar-refractivity contribution in [3.8, 4) is 0 Å². The first kappa shape index (κ1) is 7.79. The van der Waals surface area contributed by atoms with Crippen LogP contribution in [0.4, 0.5) is 0 Å². The Balaban J connectivity index is 2.92. The number of amidine groups is 1. The van der Waals surface area contributed by atoms with E-state index < -0.39 is 0 Å². The molecular weight excluding hydrogens is 136 g/mol. The van der Waals surface area contributed by atoms with Crippen molar-refractivity contribution in [1.29, 1.82) is 0 Å². The minimum Gasteiger partial charge on any atom is -0.277 e. The van der Waals surface area contributed by atoms with Crippen LogP contribution in [-0.4, -0.2) is 19.9 Å². The fourth-order valence-corrected chi connectivity index (χ4v) is 1.02. The zero-order chi connectivity index (χ0) is 8.10. The van der Waals surface area contributed by atoms with Gasteiger partial charge in [-0.2, -0.15) is 0 Å². The molecule has 0 aliphatic heterocycles. The van der Waals surface area contributed by atoms with Gasteiger partial charge in [0.15, 0.2) is 0 Å². The molecule has 0 aliphatic rings. The average Bonchev–Trinajstić information content (AvgIpc) is 2.09. The summed E-state index contributed by atoms with van der Waals surface area (Å²) in [4.78, 5) is 3.07. The molecule has 0 atom stereocenters. The molecule has 0 fully saturated rings. The van der Waals surface area contributed by atoms with Crippen molar-refractivity contribution in [3.05, 3.63) is 35.9 Å². The van der Waals surface area contributed by atoms with E-state index in [1.54, 1.807) is 0 Å². The van der Waals surface area contributed by atoms with Crippen LogP contribution in [0.3, 0.4) is 0 Å². The highest BCUT2D eigenvalue weighted by atomic mass is 14.9. The summed E-state index contributed by atoms with van der Waals surface area (Å²) in [6.45, 7) is 0. The normalized spacial score (nSPS) is 11.3. The Morgan fingerprint density at radius 2 is 1.91 bits per heavy atom. The lowest BCUT2D eigenvalue weighted by Crippen LogP contribution is -2.71. The molecule has 1 rings (SSSR count). The van der Waals surface area contributed by atoms with Gasteiger partial charge in [-0.1, -0.05) is 18.2 Å². The average molecular weight is 149 g/mol. The summed E-state index contributed by atoms with van der Waals surface area (Å²) in [6, 6.07) is 10.2. The van der Waals surface area contributed by atoms with Crippen molar-refractivity contribution in [2.45, 2.75) is 0 Å². The second-order valence-corrected chi connectivity index (χ2v) is 2.24. The second kappa shape index (κ2) is 3.76. The van der Waals surface area contributed by atoms with Crippen molar-refractivity contribution in [2.24, 2.45) is 0 Å². The number of nitrogens with one attached hydrogen (secondary N) is 2. The predicted octanol–water partition coefficient (Wildman–Crippen LogP) is -0.637. The van der Waals surface area contributed by atoms with E-state index in [1.165, 1.54) is 5.56 Å². The highest BCUT2D eigenvalue weighted by Gasteiger charge is 2.02. The van der Waals surface area contributed by atoms with Gasteiger partial charge in [0.2, 0.25) is 0 Å². The summed E-state index contributed by atoms with van der Waals surface area (Å²) in [5, 5.41) is 3.07. The minimum absolute atomic E-state index is 1.05. The molecule has 0 unspecified atom stereocenters. The Morgan fingerprint density at radius 1 is 1.27 bits per heavy atom. The van der Waals surface area contributed by atoms with Crippen molar-refractivity contribution in [3.63, 3.8) is 0 Å². The van der Waals surface area contributed by atoms with Gasteiger partial charge in [0.25, 0.3) is 5.84 Å². The third kappa shape index (κ3) is 1.80. The van der Waals surface area contributed by atoms with E-state index >= 15 is 0 Å². The maximum atomic E-state index is 3.07. The van der Waals surface area contributed by atoms with Crippen LogP contribution >= 0.6 is 0 Å². The van der Waals surface area contributed by atoms with Crippen LogP contribution in [0.5, 0.6) is 0 Å². The molecule has 2 N–H and O–H groups in total. The topological polar surface area (TPSA) is 26.0 Å². The molecule has 11 heavy (non-hydrogen) atoms. The fourth-order valence-electron chi connectivity index (χ4n) is 1.02. The Kier molecular flexibility index (Phi) is 2.66. The molecule has 1 aromatic rings. The van der Waals surface area contributed by atoms with Crippen LogP contribution in [-0.2, 0) is 0 Å². The summed E-state index contributed by atoms with van der Waals surface area (Å²) in [7, 11) is 3.80.